The van der Waals surface area contributed by atoms with Gasteiger partial charge in [-0.05, 0) is 0 Å². The maximum atomic E-state index is 2.97. The molecule has 16 heavy (non-hydrogen) atoms. The van der Waals surface area contributed by atoms with Gasteiger partial charge in [-0.2, -0.15) is 0 Å². The molecule has 0 N–H and O–H groups in total. The number of hydrogen-bond donors (Lipinski definition) is 0. The molecule has 0 aromatic carbocycles. The molecule has 0 amide bonds. The number of halogens is 1. The van der Waals surface area contributed by atoms with E-state index in [1.165, 1.54) is 44.7 Å². The minimum atomic E-state index is -1.34. The van der Waals surface area contributed by atoms with Crippen molar-refractivity contribution >= 4 is 26.3 Å². The predicted octanol–water partition coefficient (Wildman–Crippen LogP) is 6.31. The summed E-state index contributed by atoms with van der Waals surface area (Å²) in [4.78, 5) is 0. The Kier molecular flexibility index (Phi) is 8.90. The third-order valence-corrected chi connectivity index (χ3v) is 16.3. The van der Waals surface area contributed by atoms with E-state index in [1.807, 2.05) is 0 Å². The van der Waals surface area contributed by atoms with Gasteiger partial charge < -0.3 is 0 Å². The molecule has 0 aliphatic carbocycles. The summed E-state index contributed by atoms with van der Waals surface area (Å²) < 4.78 is -1.34. The number of unbranched alkanes of at least 4 members (excludes halogenated alkanes) is 3. The van der Waals surface area contributed by atoms with Crippen LogP contribution in [-0.2, 0) is 0 Å². The summed E-state index contributed by atoms with van der Waals surface area (Å²) in [5, 5.41) is 0. The molecule has 0 saturated heterocycles. The second kappa shape index (κ2) is 8.29. The summed E-state index contributed by atoms with van der Waals surface area (Å²) in [6.07, 6.45) is 14.6. The van der Waals surface area contributed by atoms with Gasteiger partial charge in [-0.1, -0.05) is 0 Å². The molecule has 0 heterocycles. The molecule has 0 atom stereocenters. The van der Waals surface area contributed by atoms with Gasteiger partial charge >= 0.3 is 117 Å². The van der Waals surface area contributed by atoms with E-state index in [0.717, 1.165) is 0 Å². The third-order valence-electron chi connectivity index (χ3n) is 4.00. The van der Waals surface area contributed by atoms with Crippen LogP contribution in [0.4, 0.5) is 0 Å². The van der Waals surface area contributed by atoms with Gasteiger partial charge in [0.25, 0.3) is 0 Å². The second-order valence-electron chi connectivity index (χ2n) is 5.37. The monoisotopic (exact) mass is 358 g/mol. The maximum absolute atomic E-state index is 2.97. The Morgan fingerprint density at radius 1 is 0.688 bits per heavy atom. The van der Waals surface area contributed by atoms with E-state index in [1.54, 1.807) is 18.5 Å². The van der Waals surface area contributed by atoms with Crippen LogP contribution in [0, 0.1) is 0 Å². The summed E-state index contributed by atoms with van der Waals surface area (Å²) in [7, 11) is 0. The molecule has 0 rings (SSSR count). The zero-order chi connectivity index (χ0) is 12.5. The first-order valence-electron chi connectivity index (χ1n) is 7.26. The second-order valence-corrected chi connectivity index (χ2v) is 19.2. The van der Waals surface area contributed by atoms with E-state index < -0.39 is 4.25 Å². The Labute approximate surface area is 117 Å². The molecular weight excluding hydrogens is 326 g/mol. The number of rotatable bonds is 10. The summed E-state index contributed by atoms with van der Waals surface area (Å²) in [6, 6.07) is 0. The Bertz CT molecular complexity index is 155. The zero-order valence-corrected chi connectivity index (χ0v) is 14.9. The Morgan fingerprint density at radius 2 is 1.00 bits per heavy atom. The van der Waals surface area contributed by atoms with Gasteiger partial charge in [0.15, 0.2) is 0 Å². The summed E-state index contributed by atoms with van der Waals surface area (Å²) >= 11 is 2.97. The molecule has 0 aromatic heterocycles. The van der Waals surface area contributed by atoms with Crippen molar-refractivity contribution in [2.75, 3.05) is 24.6 Å². The molecule has 0 unspecified atom stereocenters. The van der Waals surface area contributed by atoms with Crippen LogP contribution >= 0.6 is 26.3 Å². The first kappa shape index (κ1) is 17.2. The van der Waals surface area contributed by atoms with Gasteiger partial charge in [-0.3, -0.25) is 0 Å². The van der Waals surface area contributed by atoms with Crippen molar-refractivity contribution in [3.05, 3.63) is 0 Å². The Hall–Kier alpha value is 1.16. The fourth-order valence-corrected chi connectivity index (χ4v) is 10.5. The summed E-state index contributed by atoms with van der Waals surface area (Å²) in [6.45, 7) is 9.48. The topological polar surface area (TPSA) is 0 Å². The average molecular weight is 358 g/mol. The van der Waals surface area contributed by atoms with E-state index in [0.29, 0.717) is 0 Å². The molecule has 0 aliphatic heterocycles. The van der Waals surface area contributed by atoms with Crippen LogP contribution in [0.15, 0.2) is 0 Å². The van der Waals surface area contributed by atoms with Crippen molar-refractivity contribution in [2.45, 2.75) is 66.2 Å². The van der Waals surface area contributed by atoms with Gasteiger partial charge in [0, 0.05) is 0 Å². The van der Waals surface area contributed by atoms with Gasteiger partial charge in [-0.15, -0.1) is 0 Å². The molecule has 0 fully saturated rings. The normalized spacial score (nSPS) is 14.7. The van der Waals surface area contributed by atoms with Crippen molar-refractivity contribution in [3.8, 4) is 0 Å². The molecule has 0 aliphatic rings. The van der Waals surface area contributed by atoms with Gasteiger partial charge in [-0.25, -0.2) is 0 Å². The van der Waals surface area contributed by atoms with Crippen molar-refractivity contribution in [1.82, 2.24) is 0 Å². The van der Waals surface area contributed by atoms with E-state index in [2.05, 4.69) is 49.7 Å². The molecule has 0 radical (unpaired) electrons. The minimum absolute atomic E-state index is 1.34. The van der Waals surface area contributed by atoms with Crippen molar-refractivity contribution in [2.24, 2.45) is 0 Å². The van der Waals surface area contributed by atoms with Crippen LogP contribution in [-0.4, -0.2) is 24.6 Å². The van der Waals surface area contributed by atoms with Gasteiger partial charge in [0.05, 0.1) is 0 Å². The van der Waals surface area contributed by atoms with Crippen LogP contribution in [0.2, 0.25) is 0 Å². The molecule has 100 valence electrons. The fraction of sp³-hybridized carbons (Fsp3) is 1.00. The van der Waals surface area contributed by atoms with E-state index in [9.17, 15) is 0 Å². The molecule has 0 nitrogen and oxygen atoms in total. The van der Waals surface area contributed by atoms with Crippen molar-refractivity contribution in [3.63, 3.8) is 0 Å². The summed E-state index contributed by atoms with van der Waals surface area (Å²) in [5.74, 6) is 0. The summed E-state index contributed by atoms with van der Waals surface area (Å²) in [5.41, 5.74) is 0. The quantitative estimate of drug-likeness (QED) is 0.317. The van der Waals surface area contributed by atoms with Crippen LogP contribution in [0.1, 0.15) is 66.2 Å². The van der Waals surface area contributed by atoms with Crippen LogP contribution < -0.4 is 0 Å². The van der Waals surface area contributed by atoms with Gasteiger partial charge in [0.1, 0.15) is 0 Å². The molecule has 0 bridgehead atoms. The van der Waals surface area contributed by atoms with E-state index in [4.69, 9.17) is 0 Å². The zero-order valence-electron chi connectivity index (χ0n) is 11.9. The SMILES string of the molecule is CCCCP(I)(CC)(CCCC)CCCC. The van der Waals surface area contributed by atoms with Crippen molar-refractivity contribution in [1.29, 1.82) is 0 Å². The van der Waals surface area contributed by atoms with Crippen molar-refractivity contribution < 1.29 is 0 Å². The first-order chi connectivity index (χ1) is 7.54. The van der Waals surface area contributed by atoms with E-state index >= 15 is 0 Å². The first-order valence-corrected chi connectivity index (χ1v) is 13.0. The average Bonchev–Trinajstić information content (AvgIpc) is 2.32. The van der Waals surface area contributed by atoms with E-state index in [-0.39, 0.29) is 0 Å². The standard InChI is InChI=1S/C14H32IP/c1-5-9-12-16(15,8-4,13-10-6-2)14-11-7-3/h5-14H2,1-4H3. The molecule has 2 heteroatoms. The van der Waals surface area contributed by atoms with Crippen LogP contribution in [0.25, 0.3) is 0 Å². The fourth-order valence-electron chi connectivity index (χ4n) is 2.47. The van der Waals surface area contributed by atoms with Gasteiger partial charge in [0.2, 0.25) is 0 Å². The molecule has 0 spiro atoms. The molecule has 0 saturated carbocycles. The van der Waals surface area contributed by atoms with Crippen LogP contribution in [0.3, 0.4) is 0 Å². The molecular formula is C14H32IP. The molecule has 0 aromatic rings. The third kappa shape index (κ3) is 5.67. The van der Waals surface area contributed by atoms with Crippen LogP contribution in [0.5, 0.6) is 0 Å². The number of hydrogen-bond acceptors (Lipinski definition) is 0. The predicted molar refractivity (Wildman–Crippen MR) is 90.8 cm³/mol. The Morgan fingerprint density at radius 3 is 1.19 bits per heavy atom. The Balaban J connectivity index is 4.61.